The lowest BCUT2D eigenvalue weighted by molar-refractivity contribution is -0.194. The predicted octanol–water partition coefficient (Wildman–Crippen LogP) is 1.54. The molecular weight excluding hydrogens is 292 g/mol. The lowest BCUT2D eigenvalue weighted by atomic mass is 9.96. The maximum Gasteiger partial charge on any atom is 0.405 e. The summed E-state index contributed by atoms with van der Waals surface area (Å²) in [6.45, 7) is 0. The zero-order valence-corrected chi connectivity index (χ0v) is 11.8. The molecule has 1 aliphatic heterocycles. The largest absolute Gasteiger partial charge is 0.405 e. The van der Waals surface area contributed by atoms with Crippen LogP contribution in [0.5, 0.6) is 0 Å². The molecule has 0 unspecified atom stereocenters. The fourth-order valence-electron chi connectivity index (χ4n) is 2.37. The Morgan fingerprint density at radius 3 is 2.24 bits per heavy atom. The van der Waals surface area contributed by atoms with Crippen LogP contribution in [-0.4, -0.2) is 8.42 Å². The second-order valence-electron chi connectivity index (χ2n) is 4.84. The van der Waals surface area contributed by atoms with Gasteiger partial charge in [0.05, 0.1) is 0 Å². The third kappa shape index (κ3) is 2.58. The molecule has 2 aromatic rings. The van der Waals surface area contributed by atoms with Gasteiger partial charge in [-0.05, 0) is 23.8 Å². The molecule has 0 amide bonds. The Kier molecular flexibility index (Phi) is 3.12. The third-order valence-corrected chi connectivity index (χ3v) is 4.19. The fraction of sp³-hybridized carbons (Fsp3) is 0.143. The molecule has 0 spiro atoms. The Labute approximate surface area is 122 Å². The monoisotopic (exact) mass is 306 g/mol. The van der Waals surface area contributed by atoms with Gasteiger partial charge in [-0.2, -0.15) is 8.42 Å². The van der Waals surface area contributed by atoms with E-state index in [1.165, 1.54) is 0 Å². The highest BCUT2D eigenvalue weighted by Gasteiger charge is 2.54. The third-order valence-electron chi connectivity index (χ3n) is 3.24. The van der Waals surface area contributed by atoms with Crippen LogP contribution in [0.3, 0.4) is 0 Å². The average molecular weight is 306 g/mol. The van der Waals surface area contributed by atoms with Crippen molar-refractivity contribution in [2.75, 3.05) is 11.5 Å². The summed E-state index contributed by atoms with van der Waals surface area (Å²) in [6.07, 6.45) is 0.223. The van der Waals surface area contributed by atoms with Gasteiger partial charge in [0.25, 0.3) is 0 Å². The average Bonchev–Trinajstić information content (AvgIpc) is 2.37. The van der Waals surface area contributed by atoms with Gasteiger partial charge in [-0.15, -0.1) is 0 Å². The molecule has 4 N–H and O–H groups in total. The fourth-order valence-corrected chi connectivity index (χ4v) is 3.34. The van der Waals surface area contributed by atoms with E-state index in [1.807, 2.05) is 30.3 Å². The van der Waals surface area contributed by atoms with Crippen molar-refractivity contribution in [1.29, 1.82) is 0 Å². The number of benzene rings is 2. The van der Waals surface area contributed by atoms with Crippen molar-refractivity contribution in [1.82, 2.24) is 0 Å². The van der Waals surface area contributed by atoms with E-state index in [9.17, 15) is 8.42 Å². The lowest BCUT2D eigenvalue weighted by Gasteiger charge is -2.40. The quantitative estimate of drug-likeness (QED) is 0.833. The maximum absolute atomic E-state index is 11.3. The van der Waals surface area contributed by atoms with Gasteiger partial charge >= 0.3 is 10.4 Å². The van der Waals surface area contributed by atoms with Crippen LogP contribution in [0.1, 0.15) is 11.1 Å². The molecule has 0 atom stereocenters. The normalized spacial score (nSPS) is 18.9. The highest BCUT2D eigenvalue weighted by atomic mass is 32.3. The van der Waals surface area contributed by atoms with Gasteiger partial charge in [0.15, 0.2) is 0 Å². The van der Waals surface area contributed by atoms with Gasteiger partial charge in [0.2, 0.25) is 5.79 Å². The molecule has 7 heteroatoms. The highest BCUT2D eigenvalue weighted by molar-refractivity contribution is 7.82. The Balaban J connectivity index is 2.02. The van der Waals surface area contributed by atoms with Crippen molar-refractivity contribution >= 4 is 21.8 Å². The molecule has 2 aromatic carbocycles. The van der Waals surface area contributed by atoms with Crippen molar-refractivity contribution < 1.29 is 16.8 Å². The van der Waals surface area contributed by atoms with Crippen LogP contribution in [0.2, 0.25) is 0 Å². The summed E-state index contributed by atoms with van der Waals surface area (Å²) in [5.41, 5.74) is 13.7. The Hall–Kier alpha value is -2.09. The first-order valence-corrected chi connectivity index (χ1v) is 7.59. The van der Waals surface area contributed by atoms with Crippen LogP contribution in [-0.2, 0) is 31.0 Å². The van der Waals surface area contributed by atoms with Crippen molar-refractivity contribution in [2.45, 2.75) is 12.2 Å². The number of nitrogens with two attached hydrogens (primary N) is 2. The summed E-state index contributed by atoms with van der Waals surface area (Å²) in [6, 6.07) is 14.1. The van der Waals surface area contributed by atoms with E-state index < -0.39 is 16.2 Å². The first-order chi connectivity index (χ1) is 9.90. The Morgan fingerprint density at radius 2 is 1.67 bits per heavy atom. The SMILES string of the molecule is Nc1ccc(C2(Cc3ccccc3)OS(=O)(=O)O2)c(N)c1. The molecule has 1 saturated heterocycles. The molecule has 0 radical (unpaired) electrons. The number of hydrogen-bond acceptors (Lipinski definition) is 6. The smallest absolute Gasteiger partial charge is 0.399 e. The zero-order valence-electron chi connectivity index (χ0n) is 11.0. The molecule has 6 nitrogen and oxygen atoms in total. The number of rotatable bonds is 3. The minimum absolute atomic E-state index is 0.223. The summed E-state index contributed by atoms with van der Waals surface area (Å²) < 4.78 is 32.8. The van der Waals surface area contributed by atoms with Crippen LogP contribution < -0.4 is 11.5 Å². The van der Waals surface area contributed by atoms with Crippen LogP contribution in [0.4, 0.5) is 11.4 Å². The molecule has 0 bridgehead atoms. The van der Waals surface area contributed by atoms with Crippen molar-refractivity contribution in [2.24, 2.45) is 0 Å². The summed E-state index contributed by atoms with van der Waals surface area (Å²) in [4.78, 5) is 0. The second kappa shape index (κ2) is 4.73. The molecule has 21 heavy (non-hydrogen) atoms. The summed E-state index contributed by atoms with van der Waals surface area (Å²) in [5.74, 6) is -1.43. The molecule has 0 aromatic heterocycles. The first kappa shape index (κ1) is 13.9. The number of anilines is 2. The van der Waals surface area contributed by atoms with Crippen LogP contribution in [0.15, 0.2) is 48.5 Å². The van der Waals surface area contributed by atoms with E-state index in [4.69, 9.17) is 19.8 Å². The highest BCUT2D eigenvalue weighted by Crippen LogP contribution is 2.45. The Bertz CT molecular complexity index is 763. The van der Waals surface area contributed by atoms with Gasteiger partial charge < -0.3 is 11.5 Å². The van der Waals surface area contributed by atoms with Crippen molar-refractivity contribution in [3.63, 3.8) is 0 Å². The number of hydrogen-bond donors (Lipinski definition) is 2. The zero-order chi connectivity index (χ0) is 15.1. The van der Waals surface area contributed by atoms with E-state index in [1.54, 1.807) is 18.2 Å². The van der Waals surface area contributed by atoms with Gasteiger partial charge in [-0.3, -0.25) is 0 Å². The van der Waals surface area contributed by atoms with E-state index in [0.717, 1.165) is 5.56 Å². The van der Waals surface area contributed by atoms with Crippen LogP contribution in [0.25, 0.3) is 0 Å². The summed E-state index contributed by atoms with van der Waals surface area (Å²) in [7, 11) is -3.97. The molecule has 1 fully saturated rings. The van der Waals surface area contributed by atoms with E-state index in [-0.39, 0.29) is 6.42 Å². The first-order valence-electron chi connectivity index (χ1n) is 6.26. The van der Waals surface area contributed by atoms with Crippen LogP contribution in [0, 0.1) is 0 Å². The second-order valence-corrected chi connectivity index (χ2v) is 5.99. The molecule has 110 valence electrons. The van der Waals surface area contributed by atoms with E-state index >= 15 is 0 Å². The molecule has 0 saturated carbocycles. The standard InChI is InChI=1S/C14H14N2O4S/c15-11-6-7-12(13(16)8-11)14(19-21(17,18)20-14)9-10-4-2-1-3-5-10/h1-8H,9,15-16H2. The van der Waals surface area contributed by atoms with Crippen LogP contribution >= 0.6 is 0 Å². The maximum atomic E-state index is 11.3. The Morgan fingerprint density at radius 1 is 1.00 bits per heavy atom. The minimum atomic E-state index is -3.97. The topological polar surface area (TPSA) is 105 Å². The van der Waals surface area contributed by atoms with Gasteiger partial charge in [-0.1, -0.05) is 30.3 Å². The molecular formula is C14H14N2O4S. The van der Waals surface area contributed by atoms with E-state index in [0.29, 0.717) is 16.9 Å². The summed E-state index contributed by atoms with van der Waals surface area (Å²) >= 11 is 0. The molecule has 1 heterocycles. The predicted molar refractivity (Wildman–Crippen MR) is 78.2 cm³/mol. The van der Waals surface area contributed by atoms with Gasteiger partial charge in [-0.25, -0.2) is 8.37 Å². The molecule has 0 aliphatic carbocycles. The lowest BCUT2D eigenvalue weighted by Crippen LogP contribution is -2.49. The van der Waals surface area contributed by atoms with E-state index in [2.05, 4.69) is 0 Å². The van der Waals surface area contributed by atoms with Crippen molar-refractivity contribution in [3.05, 3.63) is 59.7 Å². The van der Waals surface area contributed by atoms with Crippen molar-refractivity contribution in [3.8, 4) is 0 Å². The van der Waals surface area contributed by atoms with Gasteiger partial charge in [0.1, 0.15) is 0 Å². The number of nitrogen functional groups attached to an aromatic ring is 2. The summed E-state index contributed by atoms with van der Waals surface area (Å²) in [5, 5.41) is 0. The molecule has 3 rings (SSSR count). The molecule has 1 aliphatic rings. The minimum Gasteiger partial charge on any atom is -0.399 e. The van der Waals surface area contributed by atoms with Gasteiger partial charge in [0, 0.05) is 23.4 Å².